The van der Waals surface area contributed by atoms with Gasteiger partial charge < -0.3 is 94.7 Å². The molecule has 0 spiro atoms. The SMILES string of the molecule is COc1ccc(COCC2OC(OC3C(OCc4ccc(OC)cc4)C(N=[N+]=[N-])CC(N=[N+]=[N-])C3OC3OC4COC(c5ccccc5)OC4C(OCc4ccc(OC)cc4)C3N=[N+]=[N-])C(OCc3ccc(OC)cc3)C2OC2OC(CN=[N+]=[N-])C(OCc3ccc(OC)cc3)C(OCc3ccc(OC)cc3)C2N=[N+]=[N-])cc1. The quantitative estimate of drug-likeness (QED) is 0.0197. The van der Waals surface area contributed by atoms with Gasteiger partial charge in [-0.3, -0.25) is 0 Å². The number of benzene rings is 7. The van der Waals surface area contributed by atoms with Gasteiger partial charge in [0, 0.05) is 30.1 Å². The number of fused-ring (bicyclic) bond motifs is 1. The fourth-order valence-electron chi connectivity index (χ4n) is 14.0. The number of azide groups is 5. The highest BCUT2D eigenvalue weighted by molar-refractivity contribution is 5.32. The largest absolute Gasteiger partial charge is 0.497 e. The van der Waals surface area contributed by atoms with E-state index in [1.54, 1.807) is 133 Å². The van der Waals surface area contributed by atoms with Crippen molar-refractivity contribution < 1.29 is 94.7 Å². The smallest absolute Gasteiger partial charge is 0.187 e. The Morgan fingerprint density at radius 3 is 1.20 bits per heavy atom. The first-order valence-corrected chi connectivity index (χ1v) is 36.3. The van der Waals surface area contributed by atoms with E-state index in [1.165, 1.54) is 7.11 Å². The molecule has 4 heterocycles. The van der Waals surface area contributed by atoms with E-state index in [0.717, 1.165) is 16.7 Å². The lowest BCUT2D eigenvalue weighted by molar-refractivity contribution is -0.361. The summed E-state index contributed by atoms with van der Waals surface area (Å²) in [5, 5.41) is 21.3. The molecule has 0 amide bonds. The lowest BCUT2D eigenvalue weighted by Gasteiger charge is -2.50. The van der Waals surface area contributed by atoms with Crippen molar-refractivity contribution >= 4 is 0 Å². The maximum Gasteiger partial charge on any atom is 0.187 e. The Morgan fingerprint density at radius 2 is 0.743 bits per heavy atom. The van der Waals surface area contributed by atoms with Crippen molar-refractivity contribution in [2.45, 2.75) is 169 Å². The molecule has 594 valence electrons. The van der Waals surface area contributed by atoms with Gasteiger partial charge in [0.05, 0.1) is 132 Å². The van der Waals surface area contributed by atoms with E-state index in [1.807, 2.05) is 78.9 Å². The van der Waals surface area contributed by atoms with Crippen LogP contribution in [0.5, 0.6) is 34.5 Å². The van der Waals surface area contributed by atoms with Gasteiger partial charge in [0.1, 0.15) is 102 Å². The van der Waals surface area contributed by atoms with Crippen LogP contribution in [-0.4, -0.2) is 179 Å². The standard InChI is InChI=1S/C78H87N15O20/c1-94-53-24-12-46(13-25-53)38-100-44-62-70(112-76-64(87-92-82)71(103-41-49-18-30-56(97-4)31-19-49)68(61(107-76)37-84-89-79)102-40-48-16-28-55(96-3)29-17-48)74(105-43-51-22-34-58(99-6)35-23-51)78(109-62)113-73-66(101-39-47-14-26-54(95-2)27-15-47)59(85-90-80)36-60(86-91-81)67(73)110-77-65(88-93-83)72(104-42-50-20-32-57(98-5)33-21-50)69-63(108-77)45-106-75(111-69)52-10-8-7-9-11-52/h7-35,59-78H,36-45H2,1-6H3. The number of ether oxygens (including phenoxy) is 20. The Morgan fingerprint density at radius 1 is 0.354 bits per heavy atom. The fraction of sp³-hybridized carbons (Fsp3) is 0.462. The predicted octanol–water partition coefficient (Wildman–Crippen LogP) is 14.1. The molecule has 4 aliphatic heterocycles. The van der Waals surface area contributed by atoms with E-state index < -0.39 is 123 Å². The molecule has 7 aromatic rings. The van der Waals surface area contributed by atoms with Crippen molar-refractivity contribution in [2.75, 3.05) is 62.4 Å². The summed E-state index contributed by atoms with van der Waals surface area (Å²) < 4.78 is 130. The van der Waals surface area contributed by atoms with Crippen molar-refractivity contribution in [3.8, 4) is 34.5 Å². The molecule has 35 heteroatoms. The molecule has 0 bridgehead atoms. The van der Waals surface area contributed by atoms with E-state index in [-0.39, 0.29) is 65.8 Å². The van der Waals surface area contributed by atoms with Crippen molar-refractivity contribution in [3.63, 3.8) is 0 Å². The summed E-state index contributed by atoms with van der Waals surface area (Å²) in [6.07, 6.45) is -21.1. The van der Waals surface area contributed by atoms with Gasteiger partial charge in [-0.2, -0.15) is 0 Å². The molecular formula is C78H87N15O20. The van der Waals surface area contributed by atoms with Gasteiger partial charge in [-0.15, -0.1) is 0 Å². The Kier molecular flexibility index (Phi) is 29.8. The third kappa shape index (κ3) is 21.2. The topological polar surface area (TPSA) is 428 Å². The summed E-state index contributed by atoms with van der Waals surface area (Å²) in [6.45, 7) is -1.11. The predicted molar refractivity (Wildman–Crippen MR) is 401 cm³/mol. The number of rotatable bonds is 38. The molecule has 113 heavy (non-hydrogen) atoms. The zero-order chi connectivity index (χ0) is 78.8. The van der Waals surface area contributed by atoms with Crippen LogP contribution in [0.15, 0.2) is 201 Å². The average Bonchev–Trinajstić information content (AvgIpc) is 1.72. The first-order chi connectivity index (χ1) is 55.5. The molecule has 0 aromatic heterocycles. The normalized spacial score (nSPS) is 27.7. The van der Waals surface area contributed by atoms with Gasteiger partial charge in [0.25, 0.3) is 0 Å². The van der Waals surface area contributed by atoms with Crippen LogP contribution in [0, 0.1) is 0 Å². The van der Waals surface area contributed by atoms with Gasteiger partial charge in [0.2, 0.25) is 0 Å². The summed E-state index contributed by atoms with van der Waals surface area (Å²) in [5.74, 6) is 3.54. The highest BCUT2D eigenvalue weighted by Crippen LogP contribution is 2.44. The monoisotopic (exact) mass is 1550 g/mol. The van der Waals surface area contributed by atoms with Gasteiger partial charge in [0.15, 0.2) is 25.2 Å². The summed E-state index contributed by atoms with van der Waals surface area (Å²) in [5.41, 5.74) is 57.5. The van der Waals surface area contributed by atoms with Crippen LogP contribution in [0.3, 0.4) is 0 Å². The van der Waals surface area contributed by atoms with E-state index in [2.05, 4.69) is 50.1 Å². The van der Waals surface area contributed by atoms with Gasteiger partial charge >= 0.3 is 0 Å². The first-order valence-electron chi connectivity index (χ1n) is 36.3. The molecule has 1 saturated carbocycles. The van der Waals surface area contributed by atoms with Gasteiger partial charge in [-0.1, -0.05) is 129 Å². The van der Waals surface area contributed by atoms with Crippen LogP contribution in [0.2, 0.25) is 0 Å². The minimum Gasteiger partial charge on any atom is -0.497 e. The molecule has 7 aromatic carbocycles. The maximum absolute atomic E-state index is 10.7. The molecule has 5 fully saturated rings. The minimum absolute atomic E-state index is 0.0222. The van der Waals surface area contributed by atoms with Crippen molar-refractivity contribution in [1.82, 2.24) is 0 Å². The van der Waals surface area contributed by atoms with Gasteiger partial charge in [-0.05, 0) is 140 Å². The molecule has 35 nitrogen and oxygen atoms in total. The summed E-state index contributed by atoms with van der Waals surface area (Å²) in [6, 6.07) is 46.9. The third-order valence-corrected chi connectivity index (χ3v) is 19.8. The summed E-state index contributed by atoms with van der Waals surface area (Å²) >= 11 is 0. The summed E-state index contributed by atoms with van der Waals surface area (Å²) in [7, 11) is 9.30. The van der Waals surface area contributed by atoms with Crippen molar-refractivity contribution in [2.24, 2.45) is 25.6 Å². The average molecular weight is 1550 g/mol. The van der Waals surface area contributed by atoms with E-state index >= 15 is 0 Å². The molecule has 4 saturated heterocycles. The fourth-order valence-corrected chi connectivity index (χ4v) is 14.0. The van der Waals surface area contributed by atoms with Crippen molar-refractivity contribution in [1.29, 1.82) is 0 Å². The molecule has 12 rings (SSSR count). The number of nitrogens with zero attached hydrogens (tertiary/aromatic N) is 15. The second kappa shape index (κ2) is 41.2. The Labute approximate surface area is 650 Å². The number of hydrogen-bond acceptors (Lipinski definition) is 25. The zero-order valence-corrected chi connectivity index (χ0v) is 62.7. The van der Waals surface area contributed by atoms with E-state index in [9.17, 15) is 27.7 Å². The Balaban J connectivity index is 0.971. The molecule has 1 aliphatic carbocycles. The van der Waals surface area contributed by atoms with Crippen LogP contribution in [0.1, 0.15) is 51.7 Å². The van der Waals surface area contributed by atoms with Gasteiger partial charge in [-0.25, -0.2) is 0 Å². The van der Waals surface area contributed by atoms with Crippen LogP contribution in [-0.2, 0) is 106 Å². The highest BCUT2D eigenvalue weighted by atomic mass is 16.8. The molecule has 0 N–H and O–H groups in total. The van der Waals surface area contributed by atoms with Crippen LogP contribution >= 0.6 is 0 Å². The van der Waals surface area contributed by atoms with Crippen molar-refractivity contribution in [3.05, 3.63) is 267 Å². The Hall–Kier alpha value is -10.7. The van der Waals surface area contributed by atoms with Crippen LogP contribution in [0.4, 0.5) is 0 Å². The Bertz CT molecular complexity index is 4390. The van der Waals surface area contributed by atoms with E-state index in [0.29, 0.717) is 56.8 Å². The molecular weight excluding hydrogens is 1470 g/mol. The highest BCUT2D eigenvalue weighted by Gasteiger charge is 2.59. The third-order valence-electron chi connectivity index (χ3n) is 19.8. The molecule has 5 aliphatic rings. The molecule has 20 unspecified atom stereocenters. The lowest BCUT2D eigenvalue weighted by atomic mass is 9.83. The van der Waals surface area contributed by atoms with E-state index in [4.69, 9.17) is 94.7 Å². The number of hydrogen-bond donors (Lipinski definition) is 0. The summed E-state index contributed by atoms with van der Waals surface area (Å²) in [4.78, 5) is 16.4. The maximum atomic E-state index is 10.7. The molecule has 20 atom stereocenters. The van der Waals surface area contributed by atoms with Crippen LogP contribution < -0.4 is 28.4 Å². The second-order valence-corrected chi connectivity index (χ2v) is 26.7. The second-order valence-electron chi connectivity index (χ2n) is 26.7. The minimum atomic E-state index is -1.64. The van der Waals surface area contributed by atoms with Crippen LogP contribution in [0.25, 0.3) is 52.2 Å². The molecule has 0 radical (unpaired) electrons. The number of methoxy groups -OCH3 is 6. The lowest BCUT2D eigenvalue weighted by Crippen LogP contribution is -2.65. The first kappa shape index (κ1) is 81.8. The zero-order valence-electron chi connectivity index (χ0n) is 62.7.